The van der Waals surface area contributed by atoms with E-state index in [1.54, 1.807) is 18.7 Å². The van der Waals surface area contributed by atoms with Crippen LogP contribution in [0.2, 0.25) is 0 Å². The van der Waals surface area contributed by atoms with Crippen LogP contribution in [0.4, 0.5) is 0 Å². The van der Waals surface area contributed by atoms with Crippen molar-refractivity contribution in [1.29, 1.82) is 0 Å². The van der Waals surface area contributed by atoms with Gasteiger partial charge in [-0.25, -0.2) is 0 Å². The lowest BCUT2D eigenvalue weighted by atomic mass is 9.97. The molecule has 118 valence electrons. The highest BCUT2D eigenvalue weighted by Crippen LogP contribution is 2.29. The lowest BCUT2D eigenvalue weighted by Crippen LogP contribution is -2.45. The number of benzene rings is 1. The van der Waals surface area contributed by atoms with Crippen LogP contribution in [0.1, 0.15) is 19.4 Å². The average Bonchev–Trinajstić information content (AvgIpc) is 2.86. The number of hydrogen-bond donors (Lipinski definition) is 1. The van der Waals surface area contributed by atoms with Gasteiger partial charge in [-0.15, -0.1) is 0 Å². The molecule has 1 fully saturated rings. The van der Waals surface area contributed by atoms with Gasteiger partial charge in [0, 0.05) is 5.75 Å². The molecule has 1 amide bonds. The van der Waals surface area contributed by atoms with Gasteiger partial charge in [0.1, 0.15) is 4.32 Å². The van der Waals surface area contributed by atoms with Crippen LogP contribution in [0.5, 0.6) is 0 Å². The molecule has 0 unspecified atom stereocenters. The second-order valence-electron chi connectivity index (χ2n) is 5.71. The average molecular weight is 335 g/mol. The predicted molar refractivity (Wildman–Crippen MR) is 95.8 cm³/mol. The highest BCUT2D eigenvalue weighted by Gasteiger charge is 2.38. The molecule has 0 aliphatic carbocycles. The number of aliphatic hydroxyl groups excluding tert-OH is 1. The summed E-state index contributed by atoms with van der Waals surface area (Å²) in [6.45, 7) is 7.19. The van der Waals surface area contributed by atoms with E-state index in [9.17, 15) is 9.90 Å². The predicted octanol–water partition coefficient (Wildman–Crippen LogP) is 3.03. The SMILES string of the molecule is C=C(C)[C@@H](O)[C@@H](C)C(=O)N1C(=S)SC[C@@H]1Cc1ccccc1. The van der Waals surface area contributed by atoms with Crippen molar-refractivity contribution in [2.75, 3.05) is 5.75 Å². The molecule has 3 nitrogen and oxygen atoms in total. The number of amides is 1. The third-order valence-electron chi connectivity index (χ3n) is 3.88. The Morgan fingerprint density at radius 3 is 2.73 bits per heavy atom. The summed E-state index contributed by atoms with van der Waals surface area (Å²) in [5.74, 6) is 0.147. The Bertz CT molecular complexity index is 573. The number of carbonyl (C=O) groups excluding carboxylic acids is 1. The molecule has 1 saturated heterocycles. The summed E-state index contributed by atoms with van der Waals surface area (Å²) in [6, 6.07) is 10.1. The minimum Gasteiger partial charge on any atom is -0.388 e. The van der Waals surface area contributed by atoms with Gasteiger partial charge in [0.25, 0.3) is 0 Å². The lowest BCUT2D eigenvalue weighted by Gasteiger charge is -2.28. The molecular weight excluding hydrogens is 314 g/mol. The first-order chi connectivity index (χ1) is 10.4. The van der Waals surface area contributed by atoms with Gasteiger partial charge in [0.2, 0.25) is 5.91 Å². The van der Waals surface area contributed by atoms with Crippen LogP contribution >= 0.6 is 24.0 Å². The van der Waals surface area contributed by atoms with E-state index in [0.717, 1.165) is 12.2 Å². The van der Waals surface area contributed by atoms with Gasteiger partial charge in [-0.3, -0.25) is 9.69 Å². The molecule has 0 radical (unpaired) electrons. The first kappa shape index (κ1) is 17.2. The molecule has 0 spiro atoms. The standard InChI is InChI=1S/C17H21NO2S2/c1-11(2)15(19)12(3)16(20)18-14(10-22-17(18)21)9-13-7-5-4-6-8-13/h4-8,12,14-15,19H,1,9-10H2,2-3H3/t12-,14+,15-/m1/s1. The molecule has 22 heavy (non-hydrogen) atoms. The zero-order valence-electron chi connectivity index (χ0n) is 12.9. The molecule has 1 aliphatic heterocycles. The molecular formula is C17H21NO2S2. The van der Waals surface area contributed by atoms with E-state index in [1.165, 1.54) is 17.3 Å². The van der Waals surface area contributed by atoms with Gasteiger partial charge < -0.3 is 5.11 Å². The van der Waals surface area contributed by atoms with Crippen molar-refractivity contribution >= 4 is 34.2 Å². The topological polar surface area (TPSA) is 40.5 Å². The van der Waals surface area contributed by atoms with Crippen molar-refractivity contribution in [3.8, 4) is 0 Å². The Morgan fingerprint density at radius 2 is 2.14 bits per heavy atom. The summed E-state index contributed by atoms with van der Waals surface area (Å²) in [6.07, 6.45) is -0.0615. The van der Waals surface area contributed by atoms with Gasteiger partial charge in [-0.2, -0.15) is 0 Å². The minimum absolute atomic E-state index is 0.0483. The first-order valence-electron chi connectivity index (χ1n) is 7.29. The van der Waals surface area contributed by atoms with Crippen LogP contribution in [0.3, 0.4) is 0 Å². The lowest BCUT2D eigenvalue weighted by molar-refractivity contribution is -0.134. The molecule has 1 heterocycles. The fraction of sp³-hybridized carbons (Fsp3) is 0.412. The summed E-state index contributed by atoms with van der Waals surface area (Å²) in [5, 5.41) is 10.1. The molecule has 3 atom stereocenters. The van der Waals surface area contributed by atoms with Crippen molar-refractivity contribution in [3.63, 3.8) is 0 Å². The summed E-state index contributed by atoms with van der Waals surface area (Å²) in [7, 11) is 0. The maximum absolute atomic E-state index is 12.7. The second-order valence-corrected chi connectivity index (χ2v) is 7.36. The highest BCUT2D eigenvalue weighted by atomic mass is 32.2. The van der Waals surface area contributed by atoms with E-state index < -0.39 is 12.0 Å². The zero-order chi connectivity index (χ0) is 16.3. The molecule has 1 aliphatic rings. The molecule has 2 rings (SSSR count). The summed E-state index contributed by atoms with van der Waals surface area (Å²) in [5.41, 5.74) is 1.78. The number of aliphatic hydroxyl groups is 1. The Kier molecular flexibility index (Phi) is 5.78. The Morgan fingerprint density at radius 1 is 1.50 bits per heavy atom. The van der Waals surface area contributed by atoms with Crippen LogP contribution in [-0.2, 0) is 11.2 Å². The Labute approximate surface area is 141 Å². The van der Waals surface area contributed by atoms with E-state index in [1.807, 2.05) is 18.2 Å². The fourth-order valence-corrected chi connectivity index (χ4v) is 3.97. The quantitative estimate of drug-likeness (QED) is 0.663. The third-order valence-corrected chi connectivity index (χ3v) is 5.43. The molecule has 0 aromatic heterocycles. The minimum atomic E-state index is -0.835. The van der Waals surface area contributed by atoms with Gasteiger partial charge in [-0.1, -0.05) is 73.4 Å². The first-order valence-corrected chi connectivity index (χ1v) is 8.68. The van der Waals surface area contributed by atoms with Gasteiger partial charge in [0.05, 0.1) is 18.1 Å². The highest BCUT2D eigenvalue weighted by molar-refractivity contribution is 8.23. The van der Waals surface area contributed by atoms with Crippen molar-refractivity contribution in [1.82, 2.24) is 4.90 Å². The third kappa shape index (κ3) is 3.77. The van der Waals surface area contributed by atoms with Crippen molar-refractivity contribution in [2.45, 2.75) is 32.4 Å². The van der Waals surface area contributed by atoms with Crippen LogP contribution in [0.15, 0.2) is 42.5 Å². The monoisotopic (exact) mass is 335 g/mol. The van der Waals surface area contributed by atoms with E-state index in [4.69, 9.17) is 12.2 Å². The van der Waals surface area contributed by atoms with Crippen LogP contribution in [0, 0.1) is 5.92 Å². The number of hydrogen-bond acceptors (Lipinski definition) is 4. The Balaban J connectivity index is 2.14. The summed E-state index contributed by atoms with van der Waals surface area (Å²) in [4.78, 5) is 14.4. The van der Waals surface area contributed by atoms with Gasteiger partial charge >= 0.3 is 0 Å². The summed E-state index contributed by atoms with van der Waals surface area (Å²) >= 11 is 6.88. The van der Waals surface area contributed by atoms with E-state index in [0.29, 0.717) is 9.89 Å². The molecule has 0 saturated carbocycles. The van der Waals surface area contributed by atoms with Crippen molar-refractivity contribution in [2.24, 2.45) is 5.92 Å². The van der Waals surface area contributed by atoms with E-state index in [2.05, 4.69) is 18.7 Å². The number of thiocarbonyl (C=S) groups is 1. The van der Waals surface area contributed by atoms with E-state index in [-0.39, 0.29) is 11.9 Å². The second kappa shape index (κ2) is 7.40. The number of nitrogens with zero attached hydrogens (tertiary/aromatic N) is 1. The van der Waals surface area contributed by atoms with Gasteiger partial charge in [-0.05, 0) is 18.9 Å². The molecule has 1 N–H and O–H groups in total. The molecule has 1 aromatic carbocycles. The molecule has 0 bridgehead atoms. The van der Waals surface area contributed by atoms with Crippen LogP contribution in [0.25, 0.3) is 0 Å². The number of carbonyl (C=O) groups is 1. The molecule has 1 aromatic rings. The number of rotatable bonds is 5. The number of thioether (sulfide) groups is 1. The largest absolute Gasteiger partial charge is 0.388 e. The smallest absolute Gasteiger partial charge is 0.234 e. The maximum Gasteiger partial charge on any atom is 0.234 e. The summed E-state index contributed by atoms with van der Waals surface area (Å²) < 4.78 is 0.603. The molecule has 5 heteroatoms. The normalized spacial score (nSPS) is 20.8. The van der Waals surface area contributed by atoms with Crippen molar-refractivity contribution in [3.05, 3.63) is 48.0 Å². The van der Waals surface area contributed by atoms with Gasteiger partial charge in [0.15, 0.2) is 0 Å². The van der Waals surface area contributed by atoms with E-state index >= 15 is 0 Å². The fourth-order valence-electron chi connectivity index (χ4n) is 2.55. The van der Waals surface area contributed by atoms with Crippen LogP contribution < -0.4 is 0 Å². The maximum atomic E-state index is 12.7. The Hall–Kier alpha value is -1.17. The van der Waals surface area contributed by atoms with Crippen LogP contribution in [-0.4, -0.2) is 38.1 Å². The van der Waals surface area contributed by atoms with Crippen molar-refractivity contribution < 1.29 is 9.90 Å². The zero-order valence-corrected chi connectivity index (χ0v) is 14.5.